The first kappa shape index (κ1) is 16.1. The van der Waals surface area contributed by atoms with Crippen LogP contribution in [0.15, 0.2) is 30.5 Å². The van der Waals surface area contributed by atoms with Crippen LogP contribution in [0.3, 0.4) is 0 Å². The van der Waals surface area contributed by atoms with Crippen molar-refractivity contribution in [3.05, 3.63) is 41.7 Å². The summed E-state index contributed by atoms with van der Waals surface area (Å²) in [6.07, 6.45) is -3.19. The van der Waals surface area contributed by atoms with Crippen molar-refractivity contribution in [1.29, 1.82) is 0 Å². The molecule has 0 amide bonds. The number of rotatable bonds is 3. The minimum atomic E-state index is -4.55. The lowest BCUT2D eigenvalue weighted by Gasteiger charge is -2.13. The van der Waals surface area contributed by atoms with Crippen molar-refractivity contribution in [2.75, 3.05) is 14.2 Å². The van der Waals surface area contributed by atoms with E-state index in [2.05, 4.69) is 10.1 Å². The Balaban J connectivity index is 2.25. The Kier molecular flexibility index (Phi) is 3.82. The largest absolute Gasteiger partial charge is 0.493 e. The van der Waals surface area contributed by atoms with E-state index in [1.165, 1.54) is 20.4 Å². The lowest BCUT2D eigenvalue weighted by molar-refractivity contribution is -0.142. The lowest BCUT2D eigenvalue weighted by Crippen LogP contribution is -2.13. The average molecular weight is 337 g/mol. The van der Waals surface area contributed by atoms with Gasteiger partial charge >= 0.3 is 6.18 Å². The lowest BCUT2D eigenvalue weighted by atomic mass is 10.1. The van der Waals surface area contributed by atoms with E-state index in [1.54, 1.807) is 25.1 Å². The van der Waals surface area contributed by atoms with Crippen LogP contribution in [0.25, 0.3) is 16.9 Å². The molecule has 0 aliphatic rings. The zero-order valence-electron chi connectivity index (χ0n) is 13.2. The highest BCUT2D eigenvalue weighted by molar-refractivity contribution is 5.67. The standard InChI is InChI=1S/C16H14F3N3O2/c1-9-8-20-22-14(16(17,18)19)7-11(21-15(9)22)10-4-5-12(23-2)13(6-10)24-3/h4-8H,1-3H3. The summed E-state index contributed by atoms with van der Waals surface area (Å²) in [7, 11) is 2.94. The molecule has 3 rings (SSSR count). The van der Waals surface area contributed by atoms with Crippen LogP contribution in [-0.4, -0.2) is 28.8 Å². The summed E-state index contributed by atoms with van der Waals surface area (Å²) in [5.74, 6) is 0.898. The van der Waals surface area contributed by atoms with Gasteiger partial charge in [-0.15, -0.1) is 0 Å². The molecule has 3 aromatic rings. The number of aryl methyl sites for hydroxylation is 1. The van der Waals surface area contributed by atoms with E-state index in [-0.39, 0.29) is 11.3 Å². The molecule has 1 aromatic carbocycles. The minimum Gasteiger partial charge on any atom is -0.493 e. The molecule has 0 spiro atoms. The van der Waals surface area contributed by atoms with Crippen LogP contribution in [-0.2, 0) is 6.18 Å². The Labute approximate surface area is 135 Å². The number of nitrogens with zero attached hydrogens (tertiary/aromatic N) is 3. The Morgan fingerprint density at radius 2 is 1.75 bits per heavy atom. The quantitative estimate of drug-likeness (QED) is 0.730. The molecule has 8 heteroatoms. The molecule has 0 saturated heterocycles. The highest BCUT2D eigenvalue weighted by Gasteiger charge is 2.35. The summed E-state index contributed by atoms with van der Waals surface area (Å²) >= 11 is 0. The van der Waals surface area contributed by atoms with Crippen LogP contribution in [0.1, 0.15) is 11.3 Å². The second-order valence-electron chi connectivity index (χ2n) is 5.16. The molecule has 0 bridgehead atoms. The first-order valence-electron chi connectivity index (χ1n) is 7.00. The molecular formula is C16H14F3N3O2. The fourth-order valence-electron chi connectivity index (χ4n) is 2.42. The molecule has 126 valence electrons. The highest BCUT2D eigenvalue weighted by atomic mass is 19.4. The number of aromatic nitrogens is 3. The minimum absolute atomic E-state index is 0.162. The van der Waals surface area contributed by atoms with Gasteiger partial charge in [0, 0.05) is 11.1 Å². The van der Waals surface area contributed by atoms with E-state index in [4.69, 9.17) is 9.47 Å². The molecule has 0 N–H and O–H groups in total. The van der Waals surface area contributed by atoms with E-state index in [1.807, 2.05) is 0 Å². The van der Waals surface area contributed by atoms with Gasteiger partial charge in [-0.3, -0.25) is 0 Å². The molecule has 0 saturated carbocycles. The monoisotopic (exact) mass is 337 g/mol. The maximum absolute atomic E-state index is 13.4. The van der Waals surface area contributed by atoms with Crippen LogP contribution < -0.4 is 9.47 Å². The van der Waals surface area contributed by atoms with Crippen molar-refractivity contribution >= 4 is 5.65 Å². The fraction of sp³-hybridized carbons (Fsp3) is 0.250. The number of hydrogen-bond donors (Lipinski definition) is 0. The van der Waals surface area contributed by atoms with Gasteiger partial charge in [-0.25, -0.2) is 9.50 Å². The maximum atomic E-state index is 13.4. The molecule has 2 heterocycles. The average Bonchev–Trinajstić information content (AvgIpc) is 2.93. The first-order valence-corrected chi connectivity index (χ1v) is 7.00. The van der Waals surface area contributed by atoms with Crippen molar-refractivity contribution in [1.82, 2.24) is 14.6 Å². The molecule has 0 unspecified atom stereocenters. The molecular weight excluding hydrogens is 323 g/mol. The number of methoxy groups -OCH3 is 2. The second-order valence-corrected chi connectivity index (χ2v) is 5.16. The number of alkyl halides is 3. The SMILES string of the molecule is COc1ccc(-c2cc(C(F)(F)F)n3ncc(C)c3n2)cc1OC. The summed E-state index contributed by atoms with van der Waals surface area (Å²) in [6.45, 7) is 1.66. The normalized spacial score (nSPS) is 11.8. The number of halogens is 3. The number of fused-ring (bicyclic) bond motifs is 1. The van der Waals surface area contributed by atoms with Crippen LogP contribution >= 0.6 is 0 Å². The fourth-order valence-corrected chi connectivity index (χ4v) is 2.42. The maximum Gasteiger partial charge on any atom is 0.433 e. The van der Waals surface area contributed by atoms with Crippen molar-refractivity contribution in [3.8, 4) is 22.8 Å². The zero-order chi connectivity index (χ0) is 17.5. The van der Waals surface area contributed by atoms with Crippen molar-refractivity contribution in [2.24, 2.45) is 0 Å². The van der Waals surface area contributed by atoms with Crippen LogP contribution in [0.2, 0.25) is 0 Å². The van der Waals surface area contributed by atoms with E-state index < -0.39 is 11.9 Å². The van der Waals surface area contributed by atoms with Gasteiger partial charge in [-0.2, -0.15) is 18.3 Å². The first-order chi connectivity index (χ1) is 11.3. The van der Waals surface area contributed by atoms with E-state index >= 15 is 0 Å². The van der Waals surface area contributed by atoms with Gasteiger partial charge in [0.25, 0.3) is 0 Å². The van der Waals surface area contributed by atoms with E-state index in [0.717, 1.165) is 10.6 Å². The summed E-state index contributed by atoms with van der Waals surface area (Å²) in [6, 6.07) is 5.81. The number of benzene rings is 1. The number of hydrogen-bond acceptors (Lipinski definition) is 4. The van der Waals surface area contributed by atoms with Gasteiger partial charge in [0.05, 0.1) is 26.1 Å². The molecule has 0 radical (unpaired) electrons. The molecule has 0 fully saturated rings. The van der Waals surface area contributed by atoms with Crippen molar-refractivity contribution < 1.29 is 22.6 Å². The predicted octanol–water partition coefficient (Wildman–Crippen LogP) is 3.74. The van der Waals surface area contributed by atoms with Crippen LogP contribution in [0.4, 0.5) is 13.2 Å². The Morgan fingerprint density at radius 3 is 2.38 bits per heavy atom. The van der Waals surface area contributed by atoms with Gasteiger partial charge < -0.3 is 9.47 Å². The van der Waals surface area contributed by atoms with E-state index in [0.29, 0.717) is 22.6 Å². The summed E-state index contributed by atoms with van der Waals surface area (Å²) in [4.78, 5) is 4.31. The van der Waals surface area contributed by atoms with Gasteiger partial charge in [-0.05, 0) is 31.2 Å². The molecule has 2 aromatic heterocycles. The van der Waals surface area contributed by atoms with Crippen molar-refractivity contribution in [3.63, 3.8) is 0 Å². The Morgan fingerprint density at radius 1 is 1.04 bits per heavy atom. The second kappa shape index (κ2) is 5.70. The summed E-state index contributed by atoms with van der Waals surface area (Å²) in [5.41, 5.74) is 0.503. The molecule has 0 atom stereocenters. The van der Waals surface area contributed by atoms with Gasteiger partial charge in [-0.1, -0.05) is 0 Å². The third-order valence-electron chi connectivity index (χ3n) is 3.62. The third-order valence-corrected chi connectivity index (χ3v) is 3.62. The van der Waals surface area contributed by atoms with Crippen LogP contribution in [0, 0.1) is 6.92 Å². The Bertz CT molecular complexity index is 903. The van der Waals surface area contributed by atoms with E-state index in [9.17, 15) is 13.2 Å². The molecule has 5 nitrogen and oxygen atoms in total. The predicted molar refractivity (Wildman–Crippen MR) is 81.3 cm³/mol. The molecule has 0 aliphatic heterocycles. The van der Waals surface area contributed by atoms with Crippen LogP contribution in [0.5, 0.6) is 11.5 Å². The topological polar surface area (TPSA) is 48.7 Å². The van der Waals surface area contributed by atoms with Gasteiger partial charge in [0.1, 0.15) is 0 Å². The number of ether oxygens (including phenoxy) is 2. The molecule has 0 aliphatic carbocycles. The Hall–Kier alpha value is -2.77. The smallest absolute Gasteiger partial charge is 0.433 e. The van der Waals surface area contributed by atoms with Crippen molar-refractivity contribution in [2.45, 2.75) is 13.1 Å². The third kappa shape index (κ3) is 2.64. The highest BCUT2D eigenvalue weighted by Crippen LogP contribution is 2.35. The van der Waals surface area contributed by atoms with Gasteiger partial charge in [0.2, 0.25) is 0 Å². The van der Waals surface area contributed by atoms with Gasteiger partial charge in [0.15, 0.2) is 22.8 Å². The zero-order valence-corrected chi connectivity index (χ0v) is 13.2. The molecule has 24 heavy (non-hydrogen) atoms. The summed E-state index contributed by atoms with van der Waals surface area (Å²) < 4.78 is 51.2. The summed E-state index contributed by atoms with van der Waals surface area (Å²) in [5, 5.41) is 3.77.